The molecule has 322 valence electrons. The fourth-order valence-electron chi connectivity index (χ4n) is 9.96. The third-order valence-electron chi connectivity index (χ3n) is 13.0. The van der Waals surface area contributed by atoms with E-state index in [0.717, 1.165) is 94.3 Å². The summed E-state index contributed by atoms with van der Waals surface area (Å²) in [6.45, 7) is 0. The molecule has 3 aromatic heterocycles. The van der Waals surface area contributed by atoms with Crippen LogP contribution in [-0.4, -0.2) is 14.1 Å². The minimum atomic E-state index is -4.71. The van der Waals surface area contributed by atoms with Crippen LogP contribution in [0.25, 0.3) is 111 Å². The summed E-state index contributed by atoms with van der Waals surface area (Å²) in [6, 6.07) is 72.6. The average Bonchev–Trinajstić information content (AvgIpc) is 3.90. The molecular weight excluding hydrogens is 846 g/mol. The lowest BCUT2D eigenvalue weighted by molar-refractivity contribution is -0.137. The molecule has 0 saturated heterocycles. The van der Waals surface area contributed by atoms with E-state index < -0.39 is 11.7 Å². The van der Waals surface area contributed by atoms with E-state index >= 15 is 13.2 Å². The van der Waals surface area contributed by atoms with Crippen LogP contribution in [0, 0.1) is 11.3 Å². The maximum absolute atomic E-state index is 15.6. The van der Waals surface area contributed by atoms with E-state index in [-0.39, 0.29) is 5.56 Å². The number of fused-ring (bicyclic) bond motifs is 6. The van der Waals surface area contributed by atoms with Crippen molar-refractivity contribution in [3.63, 3.8) is 0 Å². The predicted octanol–water partition coefficient (Wildman–Crippen LogP) is 16.5. The van der Waals surface area contributed by atoms with Crippen LogP contribution in [0.3, 0.4) is 0 Å². The number of halogens is 3. The lowest BCUT2D eigenvalue weighted by atomic mass is 9.94. The first-order chi connectivity index (χ1) is 33.3. The van der Waals surface area contributed by atoms with E-state index in [4.69, 9.17) is 0 Å². The lowest BCUT2D eigenvalue weighted by Gasteiger charge is -2.23. The van der Waals surface area contributed by atoms with Crippen molar-refractivity contribution in [3.8, 4) is 73.2 Å². The second kappa shape index (κ2) is 16.2. The molecule has 0 atom stereocenters. The van der Waals surface area contributed by atoms with E-state index in [1.807, 2.05) is 118 Å². The number of aromatic nitrogens is 3. The number of rotatable bonds is 7. The second-order valence-corrected chi connectivity index (χ2v) is 17.0. The van der Waals surface area contributed by atoms with Crippen LogP contribution < -0.4 is 0 Å². The summed E-state index contributed by atoms with van der Waals surface area (Å²) in [4.78, 5) is 4.68. The minimum absolute atomic E-state index is 0.00383. The summed E-state index contributed by atoms with van der Waals surface area (Å²) in [6.07, 6.45) is -2.91. The number of nitriles is 1. The van der Waals surface area contributed by atoms with Crippen LogP contribution in [0.1, 0.15) is 11.1 Å². The predicted molar refractivity (Wildman–Crippen MR) is 270 cm³/mol. The molecule has 0 saturated carbocycles. The van der Waals surface area contributed by atoms with Gasteiger partial charge >= 0.3 is 6.18 Å². The van der Waals surface area contributed by atoms with Gasteiger partial charge in [0.15, 0.2) is 0 Å². The zero-order chi connectivity index (χ0) is 45.9. The van der Waals surface area contributed by atoms with Gasteiger partial charge in [0.25, 0.3) is 0 Å². The number of hydrogen-bond donors (Lipinski definition) is 0. The van der Waals surface area contributed by atoms with Gasteiger partial charge in [0.2, 0.25) is 0 Å². The largest absolute Gasteiger partial charge is 0.417 e. The molecule has 0 spiro atoms. The normalized spacial score (nSPS) is 11.7. The third-order valence-corrected chi connectivity index (χ3v) is 13.0. The maximum Gasteiger partial charge on any atom is 0.417 e. The van der Waals surface area contributed by atoms with Gasteiger partial charge in [-0.3, -0.25) is 4.98 Å². The molecule has 12 aromatic rings. The van der Waals surface area contributed by atoms with Crippen LogP contribution >= 0.6 is 0 Å². The highest BCUT2D eigenvalue weighted by atomic mass is 19.4. The zero-order valence-electron chi connectivity index (χ0n) is 36.3. The van der Waals surface area contributed by atoms with Crippen LogP contribution in [0.4, 0.5) is 13.2 Å². The molecule has 0 fully saturated rings. The quantitative estimate of drug-likeness (QED) is 0.160. The van der Waals surface area contributed by atoms with Gasteiger partial charge in [-0.05, 0) is 99.6 Å². The maximum atomic E-state index is 15.6. The van der Waals surface area contributed by atoms with Crippen molar-refractivity contribution in [3.05, 3.63) is 236 Å². The molecule has 3 heterocycles. The Bertz CT molecular complexity index is 3750. The molecule has 0 aliphatic heterocycles. The smallest absolute Gasteiger partial charge is 0.308 e. The molecule has 0 unspecified atom stereocenters. The number of para-hydroxylation sites is 2. The molecule has 0 aliphatic carbocycles. The van der Waals surface area contributed by atoms with Gasteiger partial charge in [0.1, 0.15) is 0 Å². The van der Waals surface area contributed by atoms with E-state index in [2.05, 4.69) is 83.8 Å². The molecule has 0 amide bonds. The van der Waals surface area contributed by atoms with Crippen molar-refractivity contribution in [2.45, 2.75) is 6.18 Å². The Labute approximate surface area is 389 Å². The number of hydrogen-bond acceptors (Lipinski definition) is 2. The second-order valence-electron chi connectivity index (χ2n) is 17.0. The molecule has 0 radical (unpaired) electrons. The SMILES string of the molecule is N#Cc1cc(-n2c3ccccc3c3ccc(-c4cccc(-c5ccccc5)c4)cc32)c(-c2ccccc2C(F)(F)F)c(-n2c3ccccc3c3ccc(-c4ccnc(-c5ccccc5)c4)cc32)c1. The van der Waals surface area contributed by atoms with Crippen LogP contribution in [0.15, 0.2) is 225 Å². The average molecular weight is 883 g/mol. The first kappa shape index (κ1) is 40.5. The fourth-order valence-corrected chi connectivity index (χ4v) is 9.96. The van der Waals surface area contributed by atoms with Crippen molar-refractivity contribution in [1.82, 2.24) is 14.1 Å². The Balaban J connectivity index is 1.18. The standard InChI is InChI=1S/C61H37F3N4/c62-61(63,64)52-23-10-7-22-51(52)60-58(67-54-24-11-8-20-47(54)49-28-26-44(36-56(49)67)43-19-13-18-42(34-43)40-14-3-1-4-15-40)32-39(38-65)33-59(60)68-55-25-12-9-21-48(55)50-29-27-45(37-57(50)68)46-30-31-66-53(35-46)41-16-5-2-6-17-41/h1-37H. The zero-order valence-corrected chi connectivity index (χ0v) is 36.3. The van der Waals surface area contributed by atoms with Crippen LogP contribution in [0.2, 0.25) is 0 Å². The van der Waals surface area contributed by atoms with E-state index in [1.165, 1.54) is 6.07 Å². The molecule has 0 aliphatic rings. The third kappa shape index (κ3) is 6.81. The first-order valence-electron chi connectivity index (χ1n) is 22.3. The molecule has 9 aromatic carbocycles. The fraction of sp³-hybridized carbons (Fsp3) is 0.0164. The minimum Gasteiger partial charge on any atom is -0.308 e. The Morgan fingerprint density at radius 2 is 0.868 bits per heavy atom. The monoisotopic (exact) mass is 882 g/mol. The number of benzene rings is 9. The van der Waals surface area contributed by atoms with Crippen molar-refractivity contribution < 1.29 is 13.2 Å². The summed E-state index contributed by atoms with van der Waals surface area (Å²) < 4.78 is 50.8. The summed E-state index contributed by atoms with van der Waals surface area (Å²) in [5.41, 5.74) is 11.6. The number of nitrogens with zero attached hydrogens (tertiary/aromatic N) is 4. The molecule has 4 nitrogen and oxygen atoms in total. The van der Waals surface area contributed by atoms with E-state index in [0.29, 0.717) is 22.5 Å². The van der Waals surface area contributed by atoms with Crippen molar-refractivity contribution >= 4 is 43.6 Å². The summed E-state index contributed by atoms with van der Waals surface area (Å²) >= 11 is 0. The Hall–Kier alpha value is -8.99. The summed E-state index contributed by atoms with van der Waals surface area (Å²) in [5.74, 6) is 0. The highest BCUT2D eigenvalue weighted by molar-refractivity contribution is 6.13. The van der Waals surface area contributed by atoms with E-state index in [9.17, 15) is 5.26 Å². The van der Waals surface area contributed by atoms with Gasteiger partial charge in [-0.15, -0.1) is 0 Å². The Kier molecular flexibility index (Phi) is 9.63. The molecule has 12 rings (SSSR count). The van der Waals surface area contributed by atoms with Crippen molar-refractivity contribution in [1.29, 1.82) is 5.26 Å². The van der Waals surface area contributed by atoms with Gasteiger partial charge < -0.3 is 9.13 Å². The topological polar surface area (TPSA) is 46.5 Å². The molecule has 0 N–H and O–H groups in total. The number of pyridine rings is 1. The molecule has 0 bridgehead atoms. The van der Waals surface area contributed by atoms with Gasteiger partial charge in [0.05, 0.1) is 56.3 Å². The van der Waals surface area contributed by atoms with Gasteiger partial charge in [-0.2, -0.15) is 18.4 Å². The van der Waals surface area contributed by atoms with Gasteiger partial charge in [-0.25, -0.2) is 0 Å². The lowest BCUT2D eigenvalue weighted by Crippen LogP contribution is -2.11. The van der Waals surface area contributed by atoms with Gasteiger partial charge in [0, 0.05) is 38.9 Å². The first-order valence-corrected chi connectivity index (χ1v) is 22.3. The Morgan fingerprint density at radius 1 is 0.397 bits per heavy atom. The van der Waals surface area contributed by atoms with Crippen LogP contribution in [-0.2, 0) is 6.18 Å². The summed E-state index contributed by atoms with van der Waals surface area (Å²) in [5, 5.41) is 14.6. The highest BCUT2D eigenvalue weighted by Gasteiger charge is 2.35. The van der Waals surface area contributed by atoms with Crippen LogP contribution in [0.5, 0.6) is 0 Å². The summed E-state index contributed by atoms with van der Waals surface area (Å²) in [7, 11) is 0. The molecule has 7 heteroatoms. The van der Waals surface area contributed by atoms with Gasteiger partial charge in [-0.1, -0.05) is 158 Å². The van der Waals surface area contributed by atoms with E-state index in [1.54, 1.807) is 30.5 Å². The number of alkyl halides is 3. The molecule has 68 heavy (non-hydrogen) atoms. The highest BCUT2D eigenvalue weighted by Crippen LogP contribution is 2.47. The van der Waals surface area contributed by atoms with Crippen molar-refractivity contribution in [2.24, 2.45) is 0 Å². The van der Waals surface area contributed by atoms with Crippen molar-refractivity contribution in [2.75, 3.05) is 0 Å². The molecular formula is C61H37F3N4. The Morgan fingerprint density at radius 3 is 1.46 bits per heavy atom.